The molecule has 29 heavy (non-hydrogen) atoms. The summed E-state index contributed by atoms with van der Waals surface area (Å²) in [7, 11) is 0. The average molecular weight is 391 g/mol. The van der Waals surface area contributed by atoms with E-state index in [0.717, 1.165) is 61.9 Å². The molecule has 0 saturated carbocycles. The highest BCUT2D eigenvalue weighted by atomic mass is 19.1. The molecule has 1 saturated heterocycles. The third kappa shape index (κ3) is 3.61. The molecule has 3 heterocycles. The molecule has 3 aromatic rings. The Bertz CT molecular complexity index is 1040. The maximum Gasteiger partial charge on any atom is 0.227 e. The number of fused-ring (bicyclic) bond motifs is 2. The van der Waals surface area contributed by atoms with Gasteiger partial charge in [-0.05, 0) is 60.6 Å². The van der Waals surface area contributed by atoms with Crippen LogP contribution < -0.4 is 4.90 Å². The standard InChI is InChI=1S/C24H26FN3O/c25-20-5-6-22-21(14-20)19(15-26-22)13-24(29)27-10-7-17(8-11-27)16-28-12-9-18-3-1-2-4-23(18)28/h1-6,14-15,17,26H,7-13,16H2. The number of hydrogen-bond donors (Lipinski definition) is 1. The SMILES string of the molecule is O=C(Cc1c[nH]c2ccc(F)cc12)N1CCC(CN2CCc3ccccc32)CC1. The van der Waals surface area contributed by atoms with Crippen molar-refractivity contribution < 1.29 is 9.18 Å². The van der Waals surface area contributed by atoms with Crippen LogP contribution in [0.4, 0.5) is 10.1 Å². The first kappa shape index (κ1) is 18.2. The van der Waals surface area contributed by atoms with Crippen LogP contribution in [0.2, 0.25) is 0 Å². The monoisotopic (exact) mass is 391 g/mol. The van der Waals surface area contributed by atoms with Gasteiger partial charge in [0.15, 0.2) is 0 Å². The molecule has 150 valence electrons. The number of rotatable bonds is 4. The van der Waals surface area contributed by atoms with Crippen LogP contribution in [-0.4, -0.2) is 42.0 Å². The molecule has 1 amide bonds. The number of amides is 1. The molecule has 1 aromatic heterocycles. The molecule has 2 aromatic carbocycles. The van der Waals surface area contributed by atoms with E-state index in [9.17, 15) is 9.18 Å². The highest BCUT2D eigenvalue weighted by Gasteiger charge is 2.27. The zero-order valence-corrected chi connectivity index (χ0v) is 16.5. The third-order valence-electron chi connectivity index (χ3n) is 6.50. The summed E-state index contributed by atoms with van der Waals surface area (Å²) in [5.41, 5.74) is 4.59. The number of H-pyrrole nitrogens is 1. The largest absolute Gasteiger partial charge is 0.371 e. The molecule has 0 unspecified atom stereocenters. The fourth-order valence-corrected chi connectivity index (χ4v) is 4.84. The van der Waals surface area contributed by atoms with Crippen LogP contribution >= 0.6 is 0 Å². The number of anilines is 1. The van der Waals surface area contributed by atoms with Crippen LogP contribution in [0, 0.1) is 11.7 Å². The Morgan fingerprint density at radius 3 is 2.79 bits per heavy atom. The Balaban J connectivity index is 1.17. The number of para-hydroxylation sites is 1. The Kier molecular flexibility index (Phi) is 4.74. The third-order valence-corrected chi connectivity index (χ3v) is 6.50. The van der Waals surface area contributed by atoms with Gasteiger partial charge in [-0.25, -0.2) is 4.39 Å². The maximum atomic E-state index is 13.6. The van der Waals surface area contributed by atoms with Crippen molar-refractivity contribution in [2.24, 2.45) is 5.92 Å². The highest BCUT2D eigenvalue weighted by Crippen LogP contribution is 2.30. The normalized spacial score (nSPS) is 17.1. The lowest BCUT2D eigenvalue weighted by Crippen LogP contribution is -2.42. The van der Waals surface area contributed by atoms with Gasteiger partial charge in [-0.1, -0.05) is 18.2 Å². The van der Waals surface area contributed by atoms with Gasteiger partial charge in [-0.2, -0.15) is 0 Å². The summed E-state index contributed by atoms with van der Waals surface area (Å²) in [6, 6.07) is 13.4. The summed E-state index contributed by atoms with van der Waals surface area (Å²) in [6.07, 6.45) is 5.39. The second-order valence-electron chi connectivity index (χ2n) is 8.33. The smallest absolute Gasteiger partial charge is 0.227 e. The second-order valence-corrected chi connectivity index (χ2v) is 8.33. The number of aromatic amines is 1. The van der Waals surface area contributed by atoms with E-state index in [2.05, 4.69) is 34.1 Å². The van der Waals surface area contributed by atoms with Crippen LogP contribution in [-0.2, 0) is 17.6 Å². The van der Waals surface area contributed by atoms with Crippen LogP contribution in [0.5, 0.6) is 0 Å². The number of nitrogens with one attached hydrogen (secondary N) is 1. The van der Waals surface area contributed by atoms with Crippen LogP contribution in [0.15, 0.2) is 48.7 Å². The lowest BCUT2D eigenvalue weighted by molar-refractivity contribution is -0.131. The Morgan fingerprint density at radius 1 is 1.10 bits per heavy atom. The molecular formula is C24H26FN3O. The van der Waals surface area contributed by atoms with Crippen molar-refractivity contribution in [2.75, 3.05) is 31.1 Å². The molecule has 0 radical (unpaired) electrons. The molecule has 1 N–H and O–H groups in total. The Hall–Kier alpha value is -2.82. The summed E-state index contributed by atoms with van der Waals surface area (Å²) in [4.78, 5) is 20.4. The van der Waals surface area contributed by atoms with Crippen molar-refractivity contribution in [1.82, 2.24) is 9.88 Å². The number of carbonyl (C=O) groups excluding carboxylic acids is 1. The zero-order chi connectivity index (χ0) is 19.8. The average Bonchev–Trinajstić information content (AvgIpc) is 3.33. The van der Waals surface area contributed by atoms with E-state index in [1.165, 1.54) is 23.4 Å². The first-order valence-corrected chi connectivity index (χ1v) is 10.5. The molecule has 0 aliphatic carbocycles. The second kappa shape index (κ2) is 7.54. The van der Waals surface area contributed by atoms with Gasteiger partial charge < -0.3 is 14.8 Å². The summed E-state index contributed by atoms with van der Waals surface area (Å²) in [5, 5.41) is 0.806. The number of benzene rings is 2. The first-order chi connectivity index (χ1) is 14.2. The van der Waals surface area contributed by atoms with Gasteiger partial charge in [0, 0.05) is 49.0 Å². The van der Waals surface area contributed by atoms with Crippen LogP contribution in [0.3, 0.4) is 0 Å². The van der Waals surface area contributed by atoms with Crippen molar-refractivity contribution in [3.8, 4) is 0 Å². The predicted octanol–water partition coefficient (Wildman–Crippen LogP) is 4.15. The van der Waals surface area contributed by atoms with Gasteiger partial charge in [0.05, 0.1) is 6.42 Å². The van der Waals surface area contributed by atoms with Crippen molar-refractivity contribution in [2.45, 2.75) is 25.7 Å². The van der Waals surface area contributed by atoms with E-state index in [4.69, 9.17) is 0 Å². The molecule has 1 fully saturated rings. The minimum Gasteiger partial charge on any atom is -0.371 e. The molecule has 5 rings (SSSR count). The molecule has 0 bridgehead atoms. The molecular weight excluding hydrogens is 365 g/mol. The molecule has 4 nitrogen and oxygen atoms in total. The quantitative estimate of drug-likeness (QED) is 0.726. The van der Waals surface area contributed by atoms with Gasteiger partial charge in [0.1, 0.15) is 5.82 Å². The molecule has 5 heteroatoms. The minimum absolute atomic E-state index is 0.139. The van der Waals surface area contributed by atoms with Crippen LogP contribution in [0.25, 0.3) is 10.9 Å². The lowest BCUT2D eigenvalue weighted by atomic mass is 9.95. The van der Waals surface area contributed by atoms with Crippen molar-refractivity contribution in [3.05, 3.63) is 65.6 Å². The van der Waals surface area contributed by atoms with E-state index in [0.29, 0.717) is 12.3 Å². The van der Waals surface area contributed by atoms with E-state index in [1.807, 2.05) is 11.1 Å². The topological polar surface area (TPSA) is 39.3 Å². The fraction of sp³-hybridized carbons (Fsp3) is 0.375. The molecule has 2 aliphatic rings. The summed E-state index contributed by atoms with van der Waals surface area (Å²) >= 11 is 0. The van der Waals surface area contributed by atoms with Gasteiger partial charge in [-0.15, -0.1) is 0 Å². The summed E-state index contributed by atoms with van der Waals surface area (Å²) in [6.45, 7) is 3.82. The van der Waals surface area contributed by atoms with Crippen LogP contribution in [0.1, 0.15) is 24.0 Å². The fourth-order valence-electron chi connectivity index (χ4n) is 4.84. The number of carbonyl (C=O) groups is 1. The van der Waals surface area contributed by atoms with Crippen molar-refractivity contribution >= 4 is 22.5 Å². The summed E-state index contributed by atoms with van der Waals surface area (Å²) in [5.74, 6) is 0.502. The number of hydrogen-bond acceptors (Lipinski definition) is 2. The van der Waals surface area contributed by atoms with E-state index in [1.54, 1.807) is 6.07 Å². The zero-order valence-electron chi connectivity index (χ0n) is 16.5. The number of likely N-dealkylation sites (tertiary alicyclic amines) is 1. The lowest BCUT2D eigenvalue weighted by Gasteiger charge is -2.34. The number of halogens is 1. The number of piperidine rings is 1. The molecule has 2 aliphatic heterocycles. The number of aromatic nitrogens is 1. The minimum atomic E-state index is -0.268. The van der Waals surface area contributed by atoms with E-state index >= 15 is 0 Å². The highest BCUT2D eigenvalue weighted by molar-refractivity contribution is 5.89. The Labute approximate surface area is 170 Å². The first-order valence-electron chi connectivity index (χ1n) is 10.5. The van der Waals surface area contributed by atoms with E-state index in [-0.39, 0.29) is 11.7 Å². The van der Waals surface area contributed by atoms with Crippen molar-refractivity contribution in [1.29, 1.82) is 0 Å². The van der Waals surface area contributed by atoms with Gasteiger partial charge in [0.2, 0.25) is 5.91 Å². The predicted molar refractivity (Wildman–Crippen MR) is 114 cm³/mol. The molecule has 0 atom stereocenters. The van der Waals surface area contributed by atoms with Gasteiger partial charge >= 0.3 is 0 Å². The van der Waals surface area contributed by atoms with Crippen molar-refractivity contribution in [3.63, 3.8) is 0 Å². The Morgan fingerprint density at radius 2 is 1.93 bits per heavy atom. The molecule has 0 spiro atoms. The van der Waals surface area contributed by atoms with Gasteiger partial charge in [-0.3, -0.25) is 4.79 Å². The summed E-state index contributed by atoms with van der Waals surface area (Å²) < 4.78 is 13.6. The van der Waals surface area contributed by atoms with Gasteiger partial charge in [0.25, 0.3) is 0 Å². The maximum absolute atomic E-state index is 13.6. The van der Waals surface area contributed by atoms with E-state index < -0.39 is 0 Å². The number of nitrogens with zero attached hydrogens (tertiary/aromatic N) is 2.